The van der Waals surface area contributed by atoms with Gasteiger partial charge in [-0.15, -0.1) is 0 Å². The Morgan fingerprint density at radius 2 is 2.05 bits per heavy atom. The second kappa shape index (κ2) is 5.72. The van der Waals surface area contributed by atoms with Crippen LogP contribution < -0.4 is 5.32 Å². The third-order valence-electron chi connectivity index (χ3n) is 2.71. The molecule has 0 aliphatic carbocycles. The van der Waals surface area contributed by atoms with E-state index in [4.69, 9.17) is 16.9 Å². The van der Waals surface area contributed by atoms with Crippen molar-refractivity contribution in [3.05, 3.63) is 63.9 Å². The zero-order valence-electron chi connectivity index (χ0n) is 10.6. The molecule has 0 aliphatic heterocycles. The molecule has 20 heavy (non-hydrogen) atoms. The maximum atomic E-state index is 13.6. The smallest absolute Gasteiger partial charge is 0.258 e. The summed E-state index contributed by atoms with van der Waals surface area (Å²) in [6.45, 7) is 1.77. The van der Waals surface area contributed by atoms with Crippen LogP contribution >= 0.6 is 11.6 Å². The molecule has 0 saturated heterocycles. The van der Waals surface area contributed by atoms with Gasteiger partial charge in [0, 0.05) is 5.69 Å². The summed E-state index contributed by atoms with van der Waals surface area (Å²) in [6.07, 6.45) is 0. The molecule has 0 aromatic heterocycles. The first-order chi connectivity index (χ1) is 9.51. The molecule has 0 fully saturated rings. The molecule has 2 aromatic rings. The Hall–Kier alpha value is -2.38. The van der Waals surface area contributed by atoms with Crippen molar-refractivity contribution in [3.63, 3.8) is 0 Å². The molecule has 1 N–H and O–H groups in total. The van der Waals surface area contributed by atoms with Gasteiger partial charge in [-0.2, -0.15) is 5.26 Å². The lowest BCUT2D eigenvalue weighted by Crippen LogP contribution is -2.14. The molecule has 5 heteroatoms. The average Bonchev–Trinajstić information content (AvgIpc) is 2.43. The van der Waals surface area contributed by atoms with Crippen LogP contribution in [0.2, 0.25) is 5.02 Å². The summed E-state index contributed by atoms with van der Waals surface area (Å²) in [4.78, 5) is 12.0. The van der Waals surface area contributed by atoms with E-state index in [0.717, 1.165) is 5.56 Å². The number of hydrogen-bond donors (Lipinski definition) is 1. The van der Waals surface area contributed by atoms with Crippen molar-refractivity contribution in [2.45, 2.75) is 6.92 Å². The summed E-state index contributed by atoms with van der Waals surface area (Å²) in [6, 6.07) is 10.7. The van der Waals surface area contributed by atoms with Gasteiger partial charge in [0.05, 0.1) is 16.1 Å². The van der Waals surface area contributed by atoms with Gasteiger partial charge in [0.25, 0.3) is 5.91 Å². The number of carbonyl (C=O) groups is 1. The fourth-order valence-corrected chi connectivity index (χ4v) is 1.86. The van der Waals surface area contributed by atoms with E-state index in [1.165, 1.54) is 24.3 Å². The van der Waals surface area contributed by atoms with Crippen LogP contribution in [0.4, 0.5) is 10.1 Å². The van der Waals surface area contributed by atoms with Gasteiger partial charge in [0.2, 0.25) is 0 Å². The van der Waals surface area contributed by atoms with E-state index < -0.39 is 11.7 Å². The predicted molar refractivity (Wildman–Crippen MR) is 75.3 cm³/mol. The minimum Gasteiger partial charge on any atom is -0.322 e. The summed E-state index contributed by atoms with van der Waals surface area (Å²) in [7, 11) is 0. The van der Waals surface area contributed by atoms with E-state index in [9.17, 15) is 9.18 Å². The minimum absolute atomic E-state index is 0.0431. The Kier molecular flexibility index (Phi) is 4.02. The Morgan fingerprint density at radius 1 is 1.30 bits per heavy atom. The molecule has 2 aromatic carbocycles. The molecule has 0 heterocycles. The third kappa shape index (κ3) is 2.95. The van der Waals surface area contributed by atoms with E-state index in [2.05, 4.69) is 5.32 Å². The Morgan fingerprint density at radius 3 is 2.75 bits per heavy atom. The van der Waals surface area contributed by atoms with Crippen molar-refractivity contribution < 1.29 is 9.18 Å². The van der Waals surface area contributed by atoms with Crippen LogP contribution in [0.1, 0.15) is 21.5 Å². The first-order valence-electron chi connectivity index (χ1n) is 5.78. The number of amides is 1. The normalized spacial score (nSPS) is 9.90. The summed E-state index contributed by atoms with van der Waals surface area (Å²) in [5.41, 5.74) is 1.37. The minimum atomic E-state index is -0.595. The number of carbonyl (C=O) groups excluding carboxylic acids is 1. The topological polar surface area (TPSA) is 52.9 Å². The largest absolute Gasteiger partial charge is 0.322 e. The number of nitrogens with one attached hydrogen (secondary N) is 1. The van der Waals surface area contributed by atoms with Crippen molar-refractivity contribution in [3.8, 4) is 6.07 Å². The highest BCUT2D eigenvalue weighted by atomic mass is 35.5. The van der Waals surface area contributed by atoms with E-state index in [1.54, 1.807) is 19.1 Å². The third-order valence-corrected chi connectivity index (χ3v) is 3.04. The fraction of sp³-hybridized carbons (Fsp3) is 0.0667. The van der Waals surface area contributed by atoms with Crippen LogP contribution in [0.25, 0.3) is 0 Å². The molecule has 1 amide bonds. The molecule has 0 saturated carbocycles. The zero-order valence-corrected chi connectivity index (χ0v) is 11.3. The molecule has 0 bridgehead atoms. The summed E-state index contributed by atoms with van der Waals surface area (Å²) < 4.78 is 13.6. The molecular formula is C15H10ClFN2O. The molecule has 0 spiro atoms. The van der Waals surface area contributed by atoms with E-state index in [1.807, 2.05) is 6.07 Å². The van der Waals surface area contributed by atoms with E-state index in [-0.39, 0.29) is 11.1 Å². The number of hydrogen-bond acceptors (Lipinski definition) is 2. The number of rotatable bonds is 2. The van der Waals surface area contributed by atoms with Crippen LogP contribution in [0.15, 0.2) is 36.4 Å². The van der Waals surface area contributed by atoms with Gasteiger partial charge in [0.15, 0.2) is 0 Å². The molecule has 0 aliphatic rings. The lowest BCUT2D eigenvalue weighted by atomic mass is 10.1. The number of benzene rings is 2. The summed E-state index contributed by atoms with van der Waals surface area (Å²) in [5, 5.41) is 11.7. The molecule has 3 nitrogen and oxygen atoms in total. The van der Waals surface area contributed by atoms with Gasteiger partial charge < -0.3 is 5.32 Å². The number of anilines is 1. The Bertz CT molecular complexity index is 722. The average molecular weight is 289 g/mol. The fourth-order valence-electron chi connectivity index (χ4n) is 1.70. The van der Waals surface area contributed by atoms with Crippen LogP contribution in [-0.2, 0) is 0 Å². The van der Waals surface area contributed by atoms with E-state index in [0.29, 0.717) is 10.7 Å². The van der Waals surface area contributed by atoms with Crippen LogP contribution in [0.5, 0.6) is 0 Å². The Labute approximate surface area is 120 Å². The number of halogens is 2. The quantitative estimate of drug-likeness (QED) is 0.911. The number of nitrogens with zero attached hydrogens (tertiary/aromatic N) is 1. The lowest BCUT2D eigenvalue weighted by molar-refractivity contribution is 0.102. The van der Waals surface area contributed by atoms with Gasteiger partial charge in [0.1, 0.15) is 11.9 Å². The van der Waals surface area contributed by atoms with E-state index >= 15 is 0 Å². The highest BCUT2D eigenvalue weighted by Crippen LogP contribution is 2.20. The molecular weight excluding hydrogens is 279 g/mol. The second-order valence-electron chi connectivity index (χ2n) is 4.24. The lowest BCUT2D eigenvalue weighted by Gasteiger charge is -2.07. The number of aryl methyl sites for hydroxylation is 1. The maximum Gasteiger partial charge on any atom is 0.258 e. The van der Waals surface area contributed by atoms with Crippen molar-refractivity contribution in [2.75, 3.05) is 5.32 Å². The molecule has 0 radical (unpaired) electrons. The first-order valence-corrected chi connectivity index (χ1v) is 6.16. The monoisotopic (exact) mass is 288 g/mol. The molecule has 0 unspecified atom stereocenters. The zero-order chi connectivity index (χ0) is 14.7. The molecule has 100 valence electrons. The molecule has 0 atom stereocenters. The highest BCUT2D eigenvalue weighted by Gasteiger charge is 2.12. The van der Waals surface area contributed by atoms with Gasteiger partial charge in [-0.25, -0.2) is 4.39 Å². The van der Waals surface area contributed by atoms with Crippen molar-refractivity contribution >= 4 is 23.2 Å². The standard InChI is InChI=1S/C15H10ClFN2O/c1-9-2-5-14(17)12(6-9)15(20)19-11-3-4-13(16)10(7-11)8-18/h2-7H,1H3,(H,19,20). The second-order valence-corrected chi connectivity index (χ2v) is 4.65. The van der Waals surface area contributed by atoms with Gasteiger partial charge in [-0.1, -0.05) is 23.2 Å². The maximum absolute atomic E-state index is 13.6. The van der Waals surface area contributed by atoms with Crippen molar-refractivity contribution in [1.82, 2.24) is 0 Å². The van der Waals surface area contributed by atoms with Gasteiger partial charge in [-0.05, 0) is 37.3 Å². The first kappa shape index (κ1) is 14.0. The van der Waals surface area contributed by atoms with Crippen molar-refractivity contribution in [2.24, 2.45) is 0 Å². The Balaban J connectivity index is 2.28. The highest BCUT2D eigenvalue weighted by molar-refractivity contribution is 6.31. The summed E-state index contributed by atoms with van der Waals surface area (Å²) >= 11 is 5.80. The van der Waals surface area contributed by atoms with Crippen LogP contribution in [-0.4, -0.2) is 5.91 Å². The van der Waals surface area contributed by atoms with Crippen LogP contribution in [0.3, 0.4) is 0 Å². The summed E-state index contributed by atoms with van der Waals surface area (Å²) in [5.74, 6) is -1.17. The van der Waals surface area contributed by atoms with Crippen molar-refractivity contribution in [1.29, 1.82) is 5.26 Å². The predicted octanol–water partition coefficient (Wildman–Crippen LogP) is 3.91. The SMILES string of the molecule is Cc1ccc(F)c(C(=O)Nc2ccc(Cl)c(C#N)c2)c1. The van der Waals surface area contributed by atoms with Crippen LogP contribution in [0, 0.1) is 24.1 Å². The molecule has 2 rings (SSSR count). The van der Waals surface area contributed by atoms with Gasteiger partial charge >= 0.3 is 0 Å². The number of nitriles is 1. The van der Waals surface area contributed by atoms with Gasteiger partial charge in [-0.3, -0.25) is 4.79 Å².